The molecule has 0 aliphatic carbocycles. The van der Waals surface area contributed by atoms with Gasteiger partial charge in [-0.1, -0.05) is 0 Å². The van der Waals surface area contributed by atoms with E-state index in [9.17, 15) is 18.0 Å². The summed E-state index contributed by atoms with van der Waals surface area (Å²) >= 11 is 0. The monoisotopic (exact) mass is 329 g/mol. The molecular formula is C14H18F3N5O. The highest BCUT2D eigenvalue weighted by Gasteiger charge is 2.35. The molecule has 1 unspecified atom stereocenters. The van der Waals surface area contributed by atoms with Crippen LogP contribution in [0.25, 0.3) is 0 Å². The molecule has 0 bridgehead atoms. The highest BCUT2D eigenvalue weighted by atomic mass is 19.4. The summed E-state index contributed by atoms with van der Waals surface area (Å²) in [6, 6.07) is 0.0813. The van der Waals surface area contributed by atoms with Crippen molar-refractivity contribution in [3.8, 4) is 0 Å². The molecule has 1 amide bonds. The molecule has 126 valence electrons. The number of hydrogen-bond donors (Lipinski definition) is 1. The molecule has 2 aromatic rings. The van der Waals surface area contributed by atoms with Crippen LogP contribution in [0.4, 0.5) is 13.2 Å². The van der Waals surface area contributed by atoms with Crippen LogP contribution in [0, 0.1) is 13.8 Å². The maximum atomic E-state index is 12.7. The summed E-state index contributed by atoms with van der Waals surface area (Å²) in [5.41, 5.74) is 1.03. The summed E-state index contributed by atoms with van der Waals surface area (Å²) in [7, 11) is 1.79. The number of aromatic nitrogens is 4. The number of carbonyl (C=O) groups is 1. The molecule has 6 nitrogen and oxygen atoms in total. The van der Waals surface area contributed by atoms with E-state index < -0.39 is 23.8 Å². The second-order valence-corrected chi connectivity index (χ2v) is 5.39. The minimum Gasteiger partial charge on any atom is -0.350 e. The third-order valence-corrected chi connectivity index (χ3v) is 3.75. The summed E-state index contributed by atoms with van der Waals surface area (Å²) in [6.45, 7) is 5.11. The smallest absolute Gasteiger partial charge is 0.350 e. The van der Waals surface area contributed by atoms with E-state index in [0.29, 0.717) is 0 Å². The molecule has 0 spiro atoms. The maximum absolute atomic E-state index is 12.7. The van der Waals surface area contributed by atoms with Crippen molar-refractivity contribution >= 4 is 5.91 Å². The number of nitrogens with one attached hydrogen (secondary N) is 1. The Bertz CT molecular complexity index is 717. The molecule has 23 heavy (non-hydrogen) atoms. The van der Waals surface area contributed by atoms with Crippen LogP contribution in [0.1, 0.15) is 35.6 Å². The first kappa shape index (κ1) is 17.0. The lowest BCUT2D eigenvalue weighted by atomic mass is 10.2. The lowest BCUT2D eigenvalue weighted by molar-refractivity contribution is -0.142. The van der Waals surface area contributed by atoms with Gasteiger partial charge >= 0.3 is 6.18 Å². The first-order chi connectivity index (χ1) is 10.6. The minimum absolute atomic E-state index is 0.259. The molecule has 0 radical (unpaired) electrons. The van der Waals surface area contributed by atoms with Crippen molar-refractivity contribution in [1.82, 2.24) is 24.9 Å². The highest BCUT2D eigenvalue weighted by molar-refractivity contribution is 5.79. The van der Waals surface area contributed by atoms with Crippen molar-refractivity contribution in [2.75, 3.05) is 0 Å². The van der Waals surface area contributed by atoms with Gasteiger partial charge in [0, 0.05) is 30.5 Å². The van der Waals surface area contributed by atoms with E-state index in [1.807, 2.05) is 6.92 Å². The number of hydrogen-bond acceptors (Lipinski definition) is 3. The molecule has 0 aromatic carbocycles. The average molecular weight is 329 g/mol. The van der Waals surface area contributed by atoms with Gasteiger partial charge in [0.05, 0.1) is 6.20 Å². The van der Waals surface area contributed by atoms with Gasteiger partial charge in [-0.25, -0.2) is 0 Å². The van der Waals surface area contributed by atoms with Crippen molar-refractivity contribution in [3.05, 3.63) is 34.9 Å². The SMILES string of the molecule is Cc1c(CNC(=O)C(C)n2nc(C(F)(F)F)cc2C)cnn1C. The van der Waals surface area contributed by atoms with Crippen molar-refractivity contribution in [2.45, 2.75) is 39.5 Å². The topological polar surface area (TPSA) is 64.7 Å². The fraction of sp³-hybridized carbons (Fsp3) is 0.500. The van der Waals surface area contributed by atoms with Crippen molar-refractivity contribution in [1.29, 1.82) is 0 Å². The van der Waals surface area contributed by atoms with Gasteiger partial charge in [-0.3, -0.25) is 14.2 Å². The van der Waals surface area contributed by atoms with Gasteiger partial charge in [0.15, 0.2) is 5.69 Å². The zero-order valence-electron chi connectivity index (χ0n) is 13.3. The van der Waals surface area contributed by atoms with Gasteiger partial charge in [0.2, 0.25) is 5.91 Å². The predicted molar refractivity (Wildman–Crippen MR) is 76.5 cm³/mol. The molecule has 1 atom stereocenters. The number of halogens is 3. The summed E-state index contributed by atoms with van der Waals surface area (Å²) in [5.74, 6) is -0.409. The Balaban J connectivity index is 2.08. The lowest BCUT2D eigenvalue weighted by Crippen LogP contribution is -2.31. The highest BCUT2D eigenvalue weighted by Crippen LogP contribution is 2.29. The Labute approximate surface area is 131 Å². The second-order valence-electron chi connectivity index (χ2n) is 5.39. The van der Waals surface area contributed by atoms with E-state index in [2.05, 4.69) is 15.5 Å². The van der Waals surface area contributed by atoms with Gasteiger partial charge in [0.25, 0.3) is 0 Å². The van der Waals surface area contributed by atoms with Crippen LogP contribution in [-0.4, -0.2) is 25.5 Å². The Hall–Kier alpha value is -2.32. The van der Waals surface area contributed by atoms with Gasteiger partial charge in [0.1, 0.15) is 6.04 Å². The summed E-state index contributed by atoms with van der Waals surface area (Å²) < 4.78 is 40.8. The number of carbonyl (C=O) groups excluding carboxylic acids is 1. The number of nitrogens with zero attached hydrogens (tertiary/aromatic N) is 4. The fourth-order valence-electron chi connectivity index (χ4n) is 2.18. The molecule has 2 rings (SSSR count). The molecule has 1 N–H and O–H groups in total. The zero-order chi connectivity index (χ0) is 17.4. The molecular weight excluding hydrogens is 311 g/mol. The first-order valence-corrected chi connectivity index (χ1v) is 6.99. The van der Waals surface area contributed by atoms with Crippen LogP contribution in [0.15, 0.2) is 12.3 Å². The molecule has 9 heteroatoms. The van der Waals surface area contributed by atoms with E-state index in [4.69, 9.17) is 0 Å². The summed E-state index contributed by atoms with van der Waals surface area (Å²) in [4.78, 5) is 12.2. The van der Waals surface area contributed by atoms with Gasteiger partial charge in [-0.05, 0) is 26.8 Å². The van der Waals surface area contributed by atoms with Crippen molar-refractivity contribution in [3.63, 3.8) is 0 Å². The number of aryl methyl sites for hydroxylation is 2. The Kier molecular flexibility index (Phi) is 4.49. The number of amides is 1. The Morgan fingerprint density at radius 2 is 2.04 bits per heavy atom. The van der Waals surface area contributed by atoms with Gasteiger partial charge < -0.3 is 5.32 Å². The largest absolute Gasteiger partial charge is 0.435 e. The molecule has 0 aliphatic heterocycles. The molecule has 0 fully saturated rings. The third kappa shape index (κ3) is 3.54. The minimum atomic E-state index is -4.53. The van der Waals surface area contributed by atoms with Crippen LogP contribution >= 0.6 is 0 Å². The fourth-order valence-corrected chi connectivity index (χ4v) is 2.18. The van der Waals surface area contributed by atoms with Crippen molar-refractivity contribution < 1.29 is 18.0 Å². The molecule has 0 aliphatic rings. The molecule has 2 aromatic heterocycles. The lowest BCUT2D eigenvalue weighted by Gasteiger charge is -2.14. The quantitative estimate of drug-likeness (QED) is 0.934. The summed E-state index contributed by atoms with van der Waals surface area (Å²) in [6.07, 6.45) is -2.89. The van der Waals surface area contributed by atoms with Crippen LogP contribution in [-0.2, 0) is 24.6 Å². The normalized spacial score (nSPS) is 13.2. The van der Waals surface area contributed by atoms with E-state index in [1.165, 1.54) is 13.8 Å². The second kappa shape index (κ2) is 6.05. The van der Waals surface area contributed by atoms with Crippen LogP contribution in [0.3, 0.4) is 0 Å². The van der Waals surface area contributed by atoms with Crippen LogP contribution in [0.2, 0.25) is 0 Å². The first-order valence-electron chi connectivity index (χ1n) is 6.99. The Morgan fingerprint density at radius 1 is 1.39 bits per heavy atom. The standard InChI is InChI=1S/C14H18F3N5O/c1-8-5-12(14(15,16)17)20-22(8)10(3)13(23)18-6-11-7-19-21(4)9(11)2/h5,7,10H,6H2,1-4H3,(H,18,23). The van der Waals surface area contributed by atoms with Gasteiger partial charge in [-0.2, -0.15) is 23.4 Å². The van der Waals surface area contributed by atoms with Gasteiger partial charge in [-0.15, -0.1) is 0 Å². The predicted octanol–water partition coefficient (Wildman–Crippen LogP) is 2.13. The van der Waals surface area contributed by atoms with Crippen molar-refractivity contribution in [2.24, 2.45) is 7.05 Å². The molecule has 2 heterocycles. The van der Waals surface area contributed by atoms with E-state index in [1.54, 1.807) is 17.9 Å². The molecule has 0 saturated heterocycles. The molecule has 0 saturated carbocycles. The third-order valence-electron chi connectivity index (χ3n) is 3.75. The van der Waals surface area contributed by atoms with Crippen LogP contribution in [0.5, 0.6) is 0 Å². The number of alkyl halides is 3. The van der Waals surface area contributed by atoms with E-state index in [-0.39, 0.29) is 12.2 Å². The summed E-state index contributed by atoms with van der Waals surface area (Å²) in [5, 5.41) is 10.2. The van der Waals surface area contributed by atoms with E-state index in [0.717, 1.165) is 22.0 Å². The Morgan fingerprint density at radius 3 is 2.52 bits per heavy atom. The maximum Gasteiger partial charge on any atom is 0.435 e. The zero-order valence-corrected chi connectivity index (χ0v) is 13.3. The van der Waals surface area contributed by atoms with Crippen LogP contribution < -0.4 is 5.32 Å². The number of rotatable bonds is 4. The van der Waals surface area contributed by atoms with E-state index >= 15 is 0 Å². The average Bonchev–Trinajstić information content (AvgIpc) is 3.00.